The van der Waals surface area contributed by atoms with E-state index < -0.39 is 11.8 Å². The molecule has 0 aromatic heterocycles. The molecule has 0 saturated heterocycles. The number of nitrogens with one attached hydrogen (secondary N) is 1. The van der Waals surface area contributed by atoms with Gasteiger partial charge < -0.3 is 15.8 Å². The summed E-state index contributed by atoms with van der Waals surface area (Å²) < 4.78 is 5.19. The zero-order valence-corrected chi connectivity index (χ0v) is 10.7. The summed E-state index contributed by atoms with van der Waals surface area (Å²) in [6.45, 7) is -0.0387. The number of amides is 2. The monoisotopic (exact) mass is 281 g/mol. The standard InChI is InChI=1S/C12H12ClN3O3/c13-8-2-3-9(12(15)18)10(6-8)19-7-11(17)16-5-1-4-14/h2-3,6H,1,5,7H2,(H2,15,18)(H,16,17). The summed E-state index contributed by atoms with van der Waals surface area (Å²) in [4.78, 5) is 22.5. The number of hydrogen-bond acceptors (Lipinski definition) is 4. The Morgan fingerprint density at radius 2 is 2.21 bits per heavy atom. The van der Waals surface area contributed by atoms with Crippen LogP contribution in [0.2, 0.25) is 5.02 Å². The maximum absolute atomic E-state index is 11.4. The maximum atomic E-state index is 11.4. The Morgan fingerprint density at radius 1 is 1.47 bits per heavy atom. The van der Waals surface area contributed by atoms with Crippen LogP contribution in [0.4, 0.5) is 0 Å². The molecule has 0 radical (unpaired) electrons. The summed E-state index contributed by atoms with van der Waals surface area (Å²) >= 11 is 5.77. The van der Waals surface area contributed by atoms with Gasteiger partial charge in [-0.3, -0.25) is 9.59 Å². The van der Waals surface area contributed by atoms with E-state index in [0.29, 0.717) is 5.02 Å². The average molecular weight is 282 g/mol. The first-order chi connectivity index (χ1) is 9.04. The van der Waals surface area contributed by atoms with Gasteiger partial charge in [-0.1, -0.05) is 11.6 Å². The quantitative estimate of drug-likeness (QED) is 0.754. The van der Waals surface area contributed by atoms with Gasteiger partial charge in [-0.25, -0.2) is 0 Å². The lowest BCUT2D eigenvalue weighted by atomic mass is 10.2. The van der Waals surface area contributed by atoms with Crippen molar-refractivity contribution in [2.45, 2.75) is 6.42 Å². The van der Waals surface area contributed by atoms with Gasteiger partial charge in [-0.2, -0.15) is 5.26 Å². The number of carbonyl (C=O) groups excluding carboxylic acids is 2. The molecule has 0 bridgehead atoms. The number of halogens is 1. The van der Waals surface area contributed by atoms with Gasteiger partial charge in [0.15, 0.2) is 6.61 Å². The lowest BCUT2D eigenvalue weighted by Gasteiger charge is -2.09. The van der Waals surface area contributed by atoms with Crippen molar-refractivity contribution in [3.05, 3.63) is 28.8 Å². The van der Waals surface area contributed by atoms with Gasteiger partial charge in [-0.15, -0.1) is 0 Å². The van der Waals surface area contributed by atoms with E-state index in [-0.39, 0.29) is 30.9 Å². The Hall–Kier alpha value is -2.26. The fourth-order valence-corrected chi connectivity index (χ4v) is 1.43. The van der Waals surface area contributed by atoms with Crippen LogP contribution < -0.4 is 15.8 Å². The zero-order chi connectivity index (χ0) is 14.3. The van der Waals surface area contributed by atoms with Crippen molar-refractivity contribution < 1.29 is 14.3 Å². The average Bonchev–Trinajstić information content (AvgIpc) is 2.36. The van der Waals surface area contributed by atoms with E-state index in [1.165, 1.54) is 18.2 Å². The van der Waals surface area contributed by atoms with Crippen LogP contribution in [0, 0.1) is 11.3 Å². The molecule has 19 heavy (non-hydrogen) atoms. The molecule has 3 N–H and O–H groups in total. The molecule has 0 atom stereocenters. The number of nitrogens with zero attached hydrogens (tertiary/aromatic N) is 1. The number of nitrogens with two attached hydrogens (primary N) is 1. The highest BCUT2D eigenvalue weighted by molar-refractivity contribution is 6.30. The zero-order valence-electron chi connectivity index (χ0n) is 9.98. The minimum absolute atomic E-state index is 0.147. The number of carbonyl (C=O) groups is 2. The molecule has 0 aliphatic carbocycles. The first kappa shape index (κ1) is 14.8. The molecule has 1 aromatic rings. The summed E-state index contributed by atoms with van der Waals surface area (Å²) in [7, 11) is 0. The highest BCUT2D eigenvalue weighted by Crippen LogP contribution is 2.22. The van der Waals surface area contributed by atoms with Crippen LogP contribution >= 0.6 is 11.6 Å². The van der Waals surface area contributed by atoms with Crippen molar-refractivity contribution in [3.8, 4) is 11.8 Å². The third-order valence-corrected chi connectivity index (χ3v) is 2.36. The first-order valence-corrected chi connectivity index (χ1v) is 5.78. The maximum Gasteiger partial charge on any atom is 0.257 e. The van der Waals surface area contributed by atoms with E-state index in [9.17, 15) is 9.59 Å². The van der Waals surface area contributed by atoms with E-state index in [1.54, 1.807) is 0 Å². The Morgan fingerprint density at radius 3 is 2.84 bits per heavy atom. The smallest absolute Gasteiger partial charge is 0.257 e. The van der Waals surface area contributed by atoms with Gasteiger partial charge in [0.25, 0.3) is 11.8 Å². The van der Waals surface area contributed by atoms with Gasteiger partial charge in [0.1, 0.15) is 5.75 Å². The summed E-state index contributed by atoms with van der Waals surface area (Å²) in [5.74, 6) is -0.919. The molecule has 1 rings (SSSR count). The molecule has 0 unspecified atom stereocenters. The van der Waals surface area contributed by atoms with Crippen LogP contribution in [0.25, 0.3) is 0 Å². The minimum atomic E-state index is -0.670. The predicted octanol–water partition coefficient (Wildman–Crippen LogP) is 0.848. The van der Waals surface area contributed by atoms with Crippen molar-refractivity contribution >= 4 is 23.4 Å². The normalized spacial score (nSPS) is 9.47. The number of hydrogen-bond donors (Lipinski definition) is 2. The molecule has 0 spiro atoms. The molecule has 0 aliphatic rings. The summed E-state index contributed by atoms with van der Waals surface area (Å²) in [6.07, 6.45) is 0.218. The van der Waals surface area contributed by atoms with E-state index in [4.69, 9.17) is 27.3 Å². The Kier molecular flexibility index (Phi) is 5.64. The van der Waals surface area contributed by atoms with Crippen molar-refractivity contribution in [2.75, 3.05) is 13.2 Å². The second-order valence-corrected chi connectivity index (χ2v) is 3.99. The fraction of sp³-hybridized carbons (Fsp3) is 0.250. The van der Waals surface area contributed by atoms with Crippen LogP contribution in [0.3, 0.4) is 0 Å². The molecule has 0 heterocycles. The van der Waals surface area contributed by atoms with Gasteiger partial charge in [-0.05, 0) is 18.2 Å². The number of rotatable bonds is 6. The first-order valence-electron chi connectivity index (χ1n) is 5.40. The summed E-state index contributed by atoms with van der Waals surface area (Å²) in [5.41, 5.74) is 5.32. The van der Waals surface area contributed by atoms with Crippen molar-refractivity contribution in [2.24, 2.45) is 5.73 Å². The van der Waals surface area contributed by atoms with Crippen LogP contribution in [-0.2, 0) is 4.79 Å². The van der Waals surface area contributed by atoms with Gasteiger partial charge in [0, 0.05) is 11.6 Å². The van der Waals surface area contributed by atoms with E-state index >= 15 is 0 Å². The topological polar surface area (TPSA) is 105 Å². The van der Waals surface area contributed by atoms with Crippen molar-refractivity contribution in [1.82, 2.24) is 5.32 Å². The predicted molar refractivity (Wildman–Crippen MR) is 68.7 cm³/mol. The van der Waals surface area contributed by atoms with Crippen LogP contribution in [0.15, 0.2) is 18.2 Å². The Bertz CT molecular complexity index is 525. The van der Waals surface area contributed by atoms with Gasteiger partial charge in [0.05, 0.1) is 18.1 Å². The molecule has 1 aromatic carbocycles. The summed E-state index contributed by atoms with van der Waals surface area (Å²) in [6, 6.07) is 6.23. The van der Waals surface area contributed by atoms with E-state index in [0.717, 1.165) is 0 Å². The van der Waals surface area contributed by atoms with Crippen molar-refractivity contribution in [1.29, 1.82) is 5.26 Å². The number of nitriles is 1. The lowest BCUT2D eigenvalue weighted by Crippen LogP contribution is -2.29. The molecule has 0 aliphatic heterocycles. The van der Waals surface area contributed by atoms with Crippen molar-refractivity contribution in [3.63, 3.8) is 0 Å². The second-order valence-electron chi connectivity index (χ2n) is 3.55. The highest BCUT2D eigenvalue weighted by atomic mass is 35.5. The molecule has 100 valence electrons. The fourth-order valence-electron chi connectivity index (χ4n) is 1.27. The molecular formula is C12H12ClN3O3. The number of benzene rings is 1. The molecule has 2 amide bonds. The van der Waals surface area contributed by atoms with Crippen LogP contribution in [0.1, 0.15) is 16.8 Å². The summed E-state index contributed by atoms with van der Waals surface area (Å²) in [5, 5.41) is 11.2. The Balaban J connectivity index is 2.62. The van der Waals surface area contributed by atoms with Gasteiger partial charge in [0.2, 0.25) is 0 Å². The molecule has 6 nitrogen and oxygen atoms in total. The van der Waals surface area contributed by atoms with Gasteiger partial charge >= 0.3 is 0 Å². The highest BCUT2D eigenvalue weighted by Gasteiger charge is 2.11. The van der Waals surface area contributed by atoms with Crippen LogP contribution in [0.5, 0.6) is 5.75 Å². The number of ether oxygens (including phenoxy) is 1. The molecular weight excluding hydrogens is 270 g/mol. The Labute approximate surface area is 115 Å². The SMILES string of the molecule is N#CCCNC(=O)COc1cc(Cl)ccc1C(N)=O. The minimum Gasteiger partial charge on any atom is -0.483 e. The van der Waals surface area contributed by atoms with E-state index in [1.807, 2.05) is 6.07 Å². The number of primary amides is 1. The largest absolute Gasteiger partial charge is 0.483 e. The molecule has 0 saturated carbocycles. The third kappa shape index (κ3) is 4.85. The van der Waals surface area contributed by atoms with Crippen LogP contribution in [-0.4, -0.2) is 25.0 Å². The lowest BCUT2D eigenvalue weighted by molar-refractivity contribution is -0.123. The third-order valence-electron chi connectivity index (χ3n) is 2.13. The molecule has 0 fully saturated rings. The van der Waals surface area contributed by atoms with E-state index in [2.05, 4.69) is 5.32 Å². The molecule has 7 heteroatoms. The second kappa shape index (κ2) is 7.24.